The molecule has 0 bridgehead atoms. The summed E-state index contributed by atoms with van der Waals surface area (Å²) in [6, 6.07) is 16.1. The Kier molecular flexibility index (Phi) is 4.43. The van der Waals surface area contributed by atoms with E-state index in [0.717, 1.165) is 17.0 Å². The molecule has 120 valence electrons. The van der Waals surface area contributed by atoms with Crippen LogP contribution in [0.3, 0.4) is 0 Å². The van der Waals surface area contributed by atoms with Gasteiger partial charge in [-0.05, 0) is 54.1 Å². The molecule has 1 aliphatic heterocycles. The van der Waals surface area contributed by atoms with Crippen LogP contribution in [0.4, 0.5) is 5.69 Å². The molecule has 1 amide bonds. The number of oxime groups is 1. The van der Waals surface area contributed by atoms with Crippen molar-refractivity contribution in [2.45, 2.75) is 12.5 Å². The summed E-state index contributed by atoms with van der Waals surface area (Å²) in [7, 11) is 1.61. The van der Waals surface area contributed by atoms with Crippen LogP contribution >= 0.6 is 0 Å². The quantitative estimate of drug-likeness (QED) is 0.938. The summed E-state index contributed by atoms with van der Waals surface area (Å²) in [5.74, 6) is 0.486. The summed E-state index contributed by atoms with van der Waals surface area (Å²) in [5, 5.41) is 15.5. The number of carbonyl (C=O) groups is 1. The molecule has 0 spiro atoms. The second-order valence-corrected chi connectivity index (χ2v) is 5.24. The third kappa shape index (κ3) is 3.36. The van der Waals surface area contributed by atoms with Gasteiger partial charge in [-0.25, -0.2) is 0 Å². The molecule has 0 aliphatic carbocycles. The van der Waals surface area contributed by atoms with Gasteiger partial charge in [-0.1, -0.05) is 5.16 Å². The van der Waals surface area contributed by atoms with Gasteiger partial charge < -0.3 is 14.9 Å². The fraction of sp³-hybridized carbons (Fsp3) is 0.167. The number of anilines is 1. The number of hydrogen-bond donors (Lipinski definition) is 1. The second-order valence-electron chi connectivity index (χ2n) is 5.24. The van der Waals surface area contributed by atoms with Crippen molar-refractivity contribution in [3.05, 3.63) is 59.7 Å². The first-order chi connectivity index (χ1) is 11.7. The van der Waals surface area contributed by atoms with Gasteiger partial charge in [-0.3, -0.25) is 4.79 Å². The third-order valence-corrected chi connectivity index (χ3v) is 3.67. The van der Waals surface area contributed by atoms with Crippen LogP contribution in [0, 0.1) is 11.3 Å². The number of nitrogens with zero attached hydrogens (tertiary/aromatic N) is 2. The van der Waals surface area contributed by atoms with Gasteiger partial charge in [0.05, 0.1) is 24.5 Å². The maximum Gasteiger partial charge on any atom is 0.268 e. The zero-order valence-corrected chi connectivity index (χ0v) is 13.0. The molecule has 0 radical (unpaired) electrons. The highest BCUT2D eigenvalue weighted by Gasteiger charge is 2.28. The van der Waals surface area contributed by atoms with E-state index in [2.05, 4.69) is 10.5 Å². The molecule has 2 aromatic carbocycles. The van der Waals surface area contributed by atoms with E-state index in [1.54, 1.807) is 31.4 Å². The maximum absolute atomic E-state index is 12.3. The summed E-state index contributed by atoms with van der Waals surface area (Å²) >= 11 is 0. The fourth-order valence-corrected chi connectivity index (χ4v) is 2.32. The number of nitriles is 1. The van der Waals surface area contributed by atoms with E-state index in [1.807, 2.05) is 30.3 Å². The molecule has 1 atom stereocenters. The molecule has 0 aromatic heterocycles. The molecule has 0 unspecified atom stereocenters. The minimum absolute atomic E-state index is 0.271. The van der Waals surface area contributed by atoms with Gasteiger partial charge in [0.15, 0.2) is 0 Å². The molecular formula is C18H15N3O3. The predicted octanol–water partition coefficient (Wildman–Crippen LogP) is 2.70. The fourth-order valence-electron chi connectivity index (χ4n) is 2.32. The van der Waals surface area contributed by atoms with Crippen molar-refractivity contribution in [1.82, 2.24) is 0 Å². The Balaban J connectivity index is 1.61. The molecule has 0 fully saturated rings. The maximum atomic E-state index is 12.3. The van der Waals surface area contributed by atoms with Gasteiger partial charge in [0.2, 0.25) is 6.10 Å². The summed E-state index contributed by atoms with van der Waals surface area (Å²) in [6.07, 6.45) is -0.271. The predicted molar refractivity (Wildman–Crippen MR) is 88.8 cm³/mol. The summed E-state index contributed by atoms with van der Waals surface area (Å²) in [5.41, 5.74) is 2.76. The first-order valence-electron chi connectivity index (χ1n) is 7.38. The van der Waals surface area contributed by atoms with Crippen LogP contribution in [-0.2, 0) is 9.63 Å². The first-order valence-corrected chi connectivity index (χ1v) is 7.38. The number of carbonyl (C=O) groups excluding carboxylic acids is 1. The monoisotopic (exact) mass is 321 g/mol. The Morgan fingerprint density at radius 2 is 1.96 bits per heavy atom. The summed E-state index contributed by atoms with van der Waals surface area (Å²) < 4.78 is 5.12. The topological polar surface area (TPSA) is 83.7 Å². The molecule has 1 aliphatic rings. The molecule has 0 saturated heterocycles. The van der Waals surface area contributed by atoms with Crippen molar-refractivity contribution in [2.24, 2.45) is 5.16 Å². The smallest absolute Gasteiger partial charge is 0.268 e. The Labute approximate surface area is 139 Å². The molecule has 6 nitrogen and oxygen atoms in total. The number of ether oxygens (including phenoxy) is 1. The minimum atomic E-state index is -0.669. The Hall–Kier alpha value is -3.33. The Morgan fingerprint density at radius 1 is 1.25 bits per heavy atom. The normalized spacial score (nSPS) is 15.8. The molecule has 3 rings (SSSR count). The van der Waals surface area contributed by atoms with E-state index >= 15 is 0 Å². The first kappa shape index (κ1) is 15.6. The highest BCUT2D eigenvalue weighted by molar-refractivity contribution is 6.06. The van der Waals surface area contributed by atoms with Crippen molar-refractivity contribution in [2.75, 3.05) is 12.4 Å². The molecule has 1 N–H and O–H groups in total. The lowest BCUT2D eigenvalue weighted by molar-refractivity contribution is -0.125. The van der Waals surface area contributed by atoms with E-state index < -0.39 is 6.10 Å². The lowest BCUT2D eigenvalue weighted by Gasteiger charge is -2.09. The summed E-state index contributed by atoms with van der Waals surface area (Å²) in [4.78, 5) is 17.5. The lowest BCUT2D eigenvalue weighted by atomic mass is 10.0. The third-order valence-electron chi connectivity index (χ3n) is 3.67. The van der Waals surface area contributed by atoms with Crippen LogP contribution < -0.4 is 10.1 Å². The largest absolute Gasteiger partial charge is 0.497 e. The average molecular weight is 321 g/mol. The number of benzene rings is 2. The van der Waals surface area contributed by atoms with Gasteiger partial charge in [-0.15, -0.1) is 0 Å². The van der Waals surface area contributed by atoms with Crippen LogP contribution in [0.25, 0.3) is 0 Å². The number of nitrogens with one attached hydrogen (secondary N) is 1. The number of hydrogen-bond acceptors (Lipinski definition) is 5. The van der Waals surface area contributed by atoms with Crippen LogP contribution in [0.5, 0.6) is 5.75 Å². The molecule has 24 heavy (non-hydrogen) atoms. The van der Waals surface area contributed by atoms with Crippen molar-refractivity contribution in [3.8, 4) is 11.8 Å². The summed E-state index contributed by atoms with van der Waals surface area (Å²) in [6.45, 7) is 0. The Morgan fingerprint density at radius 3 is 2.58 bits per heavy atom. The number of amides is 1. The van der Waals surface area contributed by atoms with Crippen molar-refractivity contribution >= 4 is 17.3 Å². The Bertz CT molecular complexity index is 805. The van der Waals surface area contributed by atoms with Crippen LogP contribution in [-0.4, -0.2) is 24.8 Å². The van der Waals surface area contributed by atoms with Crippen molar-refractivity contribution < 1.29 is 14.4 Å². The second kappa shape index (κ2) is 6.84. The number of methoxy groups -OCH3 is 1. The minimum Gasteiger partial charge on any atom is -0.497 e. The highest BCUT2D eigenvalue weighted by Crippen LogP contribution is 2.20. The van der Waals surface area contributed by atoms with Crippen LogP contribution in [0.1, 0.15) is 17.5 Å². The average Bonchev–Trinajstić information content (AvgIpc) is 3.13. The molecule has 0 saturated carbocycles. The standard InChI is InChI=1S/C18H15N3O3/c1-23-15-8-4-13(5-9-15)16-10-17(24-21-16)18(22)20-14-6-2-12(11-19)3-7-14/h2-9,17H,10H2,1H3,(H,20,22)/t17-/m0/s1. The van der Waals surface area contributed by atoms with Gasteiger partial charge in [0.25, 0.3) is 5.91 Å². The molecule has 6 heteroatoms. The van der Waals surface area contributed by atoms with Gasteiger partial charge in [0.1, 0.15) is 5.75 Å². The lowest BCUT2D eigenvalue weighted by Crippen LogP contribution is -2.28. The van der Waals surface area contributed by atoms with Gasteiger partial charge in [0, 0.05) is 12.1 Å². The highest BCUT2D eigenvalue weighted by atomic mass is 16.6. The molecule has 1 heterocycles. The van der Waals surface area contributed by atoms with Gasteiger partial charge in [-0.2, -0.15) is 5.26 Å². The van der Waals surface area contributed by atoms with E-state index in [9.17, 15) is 4.79 Å². The zero-order chi connectivity index (χ0) is 16.9. The van der Waals surface area contributed by atoms with Crippen molar-refractivity contribution in [1.29, 1.82) is 5.26 Å². The van der Waals surface area contributed by atoms with E-state index in [1.165, 1.54) is 0 Å². The van der Waals surface area contributed by atoms with Crippen molar-refractivity contribution in [3.63, 3.8) is 0 Å². The van der Waals surface area contributed by atoms with Crippen LogP contribution in [0.2, 0.25) is 0 Å². The van der Waals surface area contributed by atoms with E-state index in [-0.39, 0.29) is 5.91 Å². The van der Waals surface area contributed by atoms with Crippen LogP contribution in [0.15, 0.2) is 53.7 Å². The zero-order valence-electron chi connectivity index (χ0n) is 13.0. The van der Waals surface area contributed by atoms with E-state index in [0.29, 0.717) is 17.7 Å². The number of rotatable bonds is 4. The molecular weight excluding hydrogens is 306 g/mol. The van der Waals surface area contributed by atoms with E-state index in [4.69, 9.17) is 14.8 Å². The SMILES string of the molecule is COc1ccc(C2=NO[C@H](C(=O)Nc3ccc(C#N)cc3)C2)cc1. The van der Waals surface area contributed by atoms with Gasteiger partial charge >= 0.3 is 0 Å². The molecule has 2 aromatic rings.